The molecule has 1 aliphatic rings. The van der Waals surface area contributed by atoms with Gasteiger partial charge in [-0.05, 0) is 37.7 Å². The van der Waals surface area contributed by atoms with E-state index in [1.807, 2.05) is 6.08 Å². The number of hydrogen-bond acceptors (Lipinski definition) is 1. The minimum Gasteiger partial charge on any atom is -0.280 e. The van der Waals surface area contributed by atoms with Crippen LogP contribution in [0.4, 0.5) is 0 Å². The van der Waals surface area contributed by atoms with Crippen molar-refractivity contribution in [3.05, 3.63) is 12.2 Å². The van der Waals surface area contributed by atoms with E-state index in [1.165, 1.54) is 25.7 Å². The predicted molar refractivity (Wildman–Crippen MR) is 49.6 cm³/mol. The number of carbonyl (C=O) groups is 1. The predicted octanol–water partition coefficient (Wildman–Crippen LogP) is 2.33. The van der Waals surface area contributed by atoms with E-state index in [1.54, 1.807) is 13.0 Å². The van der Waals surface area contributed by atoms with Gasteiger partial charge in [0.05, 0.1) is 0 Å². The summed E-state index contributed by atoms with van der Waals surface area (Å²) in [5.74, 6) is 5.65. The molecule has 0 unspecified atom stereocenters. The van der Waals surface area contributed by atoms with Crippen molar-refractivity contribution < 1.29 is 4.79 Å². The lowest BCUT2D eigenvalue weighted by Gasteiger charge is -1.97. The van der Waals surface area contributed by atoms with Gasteiger partial charge in [-0.3, -0.25) is 4.79 Å². The largest absolute Gasteiger partial charge is 0.280 e. The Morgan fingerprint density at radius 1 is 1.42 bits per heavy atom. The summed E-state index contributed by atoms with van der Waals surface area (Å²) in [7, 11) is 0. The minimum absolute atomic E-state index is 0.0654. The molecule has 1 rings (SSSR count). The van der Waals surface area contributed by atoms with Crippen molar-refractivity contribution in [2.24, 2.45) is 5.92 Å². The van der Waals surface area contributed by atoms with Crippen molar-refractivity contribution in [2.45, 2.75) is 32.6 Å². The maximum absolute atomic E-state index is 10.9. The Kier molecular flexibility index (Phi) is 3.60. The molecule has 0 bridgehead atoms. The van der Waals surface area contributed by atoms with Crippen LogP contribution in [-0.2, 0) is 4.79 Å². The van der Waals surface area contributed by atoms with E-state index in [4.69, 9.17) is 0 Å². The molecule has 0 aromatic heterocycles. The van der Waals surface area contributed by atoms with E-state index in [-0.39, 0.29) is 5.78 Å². The van der Waals surface area contributed by atoms with Crippen LogP contribution >= 0.6 is 0 Å². The second-order valence-corrected chi connectivity index (χ2v) is 3.14. The summed E-state index contributed by atoms with van der Waals surface area (Å²) in [6.45, 7) is 1.68. The smallest absolute Gasteiger partial charge is 0.228 e. The highest BCUT2D eigenvalue weighted by atomic mass is 16.1. The van der Waals surface area contributed by atoms with Crippen LogP contribution in [0.2, 0.25) is 0 Å². The van der Waals surface area contributed by atoms with Gasteiger partial charge in [0.15, 0.2) is 0 Å². The standard InChI is InChI=1S/C11H14O/c1-2-5-11(12)9-8-10-6-3-4-7-10/h8-10H,3-4,6-7H2,1H3/b9-8+. The Morgan fingerprint density at radius 2 is 2.08 bits per heavy atom. The molecule has 1 nitrogen and oxygen atoms in total. The highest BCUT2D eigenvalue weighted by molar-refractivity contribution is 6.04. The summed E-state index contributed by atoms with van der Waals surface area (Å²) in [5.41, 5.74) is 0. The van der Waals surface area contributed by atoms with Crippen molar-refractivity contribution in [3.8, 4) is 11.8 Å². The van der Waals surface area contributed by atoms with Gasteiger partial charge in [0.25, 0.3) is 0 Å². The molecule has 0 saturated heterocycles. The van der Waals surface area contributed by atoms with E-state index >= 15 is 0 Å². The average molecular weight is 162 g/mol. The molecule has 0 aromatic rings. The second-order valence-electron chi connectivity index (χ2n) is 3.14. The third-order valence-electron chi connectivity index (χ3n) is 2.17. The summed E-state index contributed by atoms with van der Waals surface area (Å²) >= 11 is 0. The highest BCUT2D eigenvalue weighted by Gasteiger charge is 2.11. The number of hydrogen-bond donors (Lipinski definition) is 0. The third kappa shape index (κ3) is 2.92. The minimum atomic E-state index is -0.0654. The highest BCUT2D eigenvalue weighted by Crippen LogP contribution is 2.25. The first-order valence-corrected chi connectivity index (χ1v) is 4.48. The van der Waals surface area contributed by atoms with Crippen molar-refractivity contribution >= 4 is 5.78 Å². The van der Waals surface area contributed by atoms with E-state index in [0.29, 0.717) is 5.92 Å². The fourth-order valence-corrected chi connectivity index (χ4v) is 1.54. The lowest BCUT2D eigenvalue weighted by molar-refractivity contribution is -0.109. The van der Waals surface area contributed by atoms with Crippen LogP contribution in [0, 0.1) is 17.8 Å². The summed E-state index contributed by atoms with van der Waals surface area (Å²) in [6.07, 6.45) is 8.73. The molecule has 12 heavy (non-hydrogen) atoms. The van der Waals surface area contributed by atoms with Gasteiger partial charge < -0.3 is 0 Å². The van der Waals surface area contributed by atoms with Gasteiger partial charge >= 0.3 is 0 Å². The number of ketones is 1. The molecule has 1 fully saturated rings. The first kappa shape index (κ1) is 9.06. The summed E-state index contributed by atoms with van der Waals surface area (Å²) in [5, 5.41) is 0. The van der Waals surface area contributed by atoms with Crippen LogP contribution < -0.4 is 0 Å². The third-order valence-corrected chi connectivity index (χ3v) is 2.17. The van der Waals surface area contributed by atoms with Crippen molar-refractivity contribution in [1.29, 1.82) is 0 Å². The fraction of sp³-hybridized carbons (Fsp3) is 0.545. The molecule has 1 saturated carbocycles. The van der Waals surface area contributed by atoms with Crippen LogP contribution in [0.3, 0.4) is 0 Å². The van der Waals surface area contributed by atoms with Crippen LogP contribution in [-0.4, -0.2) is 5.78 Å². The van der Waals surface area contributed by atoms with E-state index < -0.39 is 0 Å². The molecular weight excluding hydrogens is 148 g/mol. The topological polar surface area (TPSA) is 17.1 Å². The maximum atomic E-state index is 10.9. The van der Waals surface area contributed by atoms with Crippen molar-refractivity contribution in [1.82, 2.24) is 0 Å². The van der Waals surface area contributed by atoms with Gasteiger partial charge in [-0.15, -0.1) is 0 Å². The molecule has 0 radical (unpaired) electrons. The zero-order valence-electron chi connectivity index (χ0n) is 7.47. The Hall–Kier alpha value is -1.03. The maximum Gasteiger partial charge on any atom is 0.228 e. The molecule has 0 aliphatic heterocycles. The zero-order chi connectivity index (χ0) is 8.81. The summed E-state index contributed by atoms with van der Waals surface area (Å²) in [4.78, 5) is 10.9. The molecular formula is C11H14O. The number of carbonyl (C=O) groups excluding carboxylic acids is 1. The van der Waals surface area contributed by atoms with Crippen LogP contribution in [0.5, 0.6) is 0 Å². The number of rotatable bonds is 2. The molecule has 64 valence electrons. The molecule has 1 aliphatic carbocycles. The van der Waals surface area contributed by atoms with Crippen LogP contribution in [0.15, 0.2) is 12.2 Å². The normalized spacial score (nSPS) is 17.8. The van der Waals surface area contributed by atoms with Crippen molar-refractivity contribution in [2.75, 3.05) is 0 Å². The Bertz CT molecular complexity index is 233. The molecule has 1 heteroatoms. The molecule has 0 aromatic carbocycles. The monoisotopic (exact) mass is 162 g/mol. The molecule has 0 N–H and O–H groups in total. The zero-order valence-corrected chi connectivity index (χ0v) is 7.47. The fourth-order valence-electron chi connectivity index (χ4n) is 1.54. The van der Waals surface area contributed by atoms with Crippen molar-refractivity contribution in [3.63, 3.8) is 0 Å². The summed E-state index contributed by atoms with van der Waals surface area (Å²) < 4.78 is 0. The molecule has 0 heterocycles. The van der Waals surface area contributed by atoms with Gasteiger partial charge in [0.2, 0.25) is 5.78 Å². The first-order chi connectivity index (χ1) is 5.83. The molecule has 0 spiro atoms. The Labute approximate surface area is 73.9 Å². The van der Waals surface area contributed by atoms with E-state index in [0.717, 1.165) is 0 Å². The van der Waals surface area contributed by atoms with Gasteiger partial charge in [0, 0.05) is 0 Å². The average Bonchev–Trinajstić information content (AvgIpc) is 2.53. The van der Waals surface area contributed by atoms with E-state index in [2.05, 4.69) is 11.8 Å². The quantitative estimate of drug-likeness (QED) is 0.346. The number of allylic oxidation sites excluding steroid dienone is 2. The van der Waals surface area contributed by atoms with E-state index in [9.17, 15) is 4.79 Å². The lowest BCUT2D eigenvalue weighted by atomic mass is 10.1. The first-order valence-electron chi connectivity index (χ1n) is 4.48. The van der Waals surface area contributed by atoms with Gasteiger partial charge in [-0.2, -0.15) is 0 Å². The molecule has 0 atom stereocenters. The van der Waals surface area contributed by atoms with Gasteiger partial charge in [-0.1, -0.05) is 24.8 Å². The Balaban J connectivity index is 2.36. The van der Waals surface area contributed by atoms with Gasteiger partial charge in [-0.25, -0.2) is 0 Å². The van der Waals surface area contributed by atoms with Crippen LogP contribution in [0.25, 0.3) is 0 Å². The Morgan fingerprint density at radius 3 is 2.67 bits per heavy atom. The van der Waals surface area contributed by atoms with Crippen LogP contribution in [0.1, 0.15) is 32.6 Å². The SMILES string of the molecule is CC#CC(=O)/C=C/C1CCCC1. The second kappa shape index (κ2) is 4.77. The summed E-state index contributed by atoms with van der Waals surface area (Å²) in [6, 6.07) is 0. The van der Waals surface area contributed by atoms with Gasteiger partial charge in [0.1, 0.15) is 0 Å². The lowest BCUT2D eigenvalue weighted by Crippen LogP contribution is -1.90. The molecule has 0 amide bonds.